The molecule has 5 aromatic carbocycles. The van der Waals surface area contributed by atoms with E-state index in [1.165, 1.54) is 86.7 Å². The molecular formula is C71H65BCl4F4IN15O7. The number of aromatic nitrogens is 8. The van der Waals surface area contributed by atoms with E-state index in [4.69, 9.17) is 86.0 Å². The molecule has 4 saturated carbocycles. The molecule has 0 bridgehead atoms. The molecule has 4 aliphatic heterocycles. The molecule has 0 saturated heterocycles. The topological polar surface area (TPSA) is 321 Å². The van der Waals surface area contributed by atoms with E-state index in [2.05, 4.69) is 53.1 Å². The van der Waals surface area contributed by atoms with Crippen LogP contribution in [0.1, 0.15) is 134 Å². The monoisotopic (exact) mass is 1590 g/mol. The van der Waals surface area contributed by atoms with E-state index in [1.807, 2.05) is 18.9 Å². The predicted molar refractivity (Wildman–Crippen MR) is 386 cm³/mol. The average Bonchev–Trinajstić information content (AvgIpc) is 1.58. The van der Waals surface area contributed by atoms with E-state index < -0.39 is 48.1 Å². The number of hydrogen-bond donors (Lipinski definition) is 7. The first kappa shape index (κ1) is 72.7. The van der Waals surface area contributed by atoms with Gasteiger partial charge in [0.2, 0.25) is 5.91 Å². The van der Waals surface area contributed by atoms with E-state index in [9.17, 15) is 41.5 Å². The van der Waals surface area contributed by atoms with Gasteiger partial charge in [0.15, 0.2) is 5.69 Å². The number of benzene rings is 5. The van der Waals surface area contributed by atoms with Crippen molar-refractivity contribution in [2.24, 2.45) is 33.8 Å². The van der Waals surface area contributed by atoms with Crippen molar-refractivity contribution in [3.63, 3.8) is 0 Å². The van der Waals surface area contributed by atoms with Crippen molar-refractivity contribution in [2.75, 3.05) is 0 Å². The molecule has 22 nitrogen and oxygen atoms in total. The van der Waals surface area contributed by atoms with Crippen molar-refractivity contribution >= 4 is 117 Å². The first-order valence-electron chi connectivity index (χ1n) is 32.9. The Morgan fingerprint density at radius 1 is 0.524 bits per heavy atom. The molecule has 17 rings (SSSR count). The van der Waals surface area contributed by atoms with Crippen LogP contribution in [0, 0.1) is 44.4 Å². The normalized spacial score (nSPS) is 17.0. The second-order valence-electron chi connectivity index (χ2n) is 27.4. The smallest absolute Gasteiger partial charge is 0.423 e. The zero-order valence-electron chi connectivity index (χ0n) is 54.9. The lowest BCUT2D eigenvalue weighted by Crippen LogP contribution is -2.49. The Bertz CT molecular complexity index is 4870. The summed E-state index contributed by atoms with van der Waals surface area (Å²) in [7, 11) is -1.60. The molecule has 0 unspecified atom stereocenters. The highest BCUT2D eigenvalue weighted by Gasteiger charge is 2.54. The van der Waals surface area contributed by atoms with Gasteiger partial charge in [-0.3, -0.25) is 42.7 Å². The maximum Gasteiger partial charge on any atom is 0.488 e. The number of hydrogen-bond acceptors (Lipinski definition) is 12. The average molecular weight is 1600 g/mol. The lowest BCUT2D eigenvalue weighted by atomic mass is 9.80. The van der Waals surface area contributed by atoms with E-state index in [-0.39, 0.29) is 67.0 Å². The Balaban J connectivity index is 0.000000120. The zero-order chi connectivity index (χ0) is 73.4. The van der Waals surface area contributed by atoms with Crippen LogP contribution in [0.15, 0.2) is 97.1 Å². The number of halogens is 9. The second-order valence-corrected chi connectivity index (χ2v) is 30.1. The Morgan fingerprint density at radius 2 is 0.942 bits per heavy atom. The van der Waals surface area contributed by atoms with Crippen molar-refractivity contribution in [3.8, 4) is 33.8 Å². The number of nitrogens with zero attached hydrogens (tertiary/aromatic N) is 10. The van der Waals surface area contributed by atoms with E-state index >= 15 is 0 Å². The molecule has 8 heterocycles. The number of amides is 5. The lowest BCUT2D eigenvalue weighted by molar-refractivity contribution is -0.136. The zero-order valence-corrected chi connectivity index (χ0v) is 60.1. The molecule has 5 amide bonds. The van der Waals surface area contributed by atoms with Gasteiger partial charge >= 0.3 is 7.12 Å². The highest BCUT2D eigenvalue weighted by Crippen LogP contribution is 2.55. The largest absolute Gasteiger partial charge is 0.488 e. The van der Waals surface area contributed by atoms with Gasteiger partial charge in [-0.1, -0.05) is 76.7 Å². The Kier molecular flexibility index (Phi) is 20.1. The fraction of sp³-hybridized carbons (Fsp3) is 0.324. The molecule has 0 radical (unpaired) electrons. The quantitative estimate of drug-likeness (QED) is 0.0291. The van der Waals surface area contributed by atoms with Crippen LogP contribution in [0.5, 0.6) is 0 Å². The van der Waals surface area contributed by atoms with Gasteiger partial charge in [-0.15, -0.1) is 0 Å². The lowest BCUT2D eigenvalue weighted by Gasteiger charge is -2.37. The summed E-state index contributed by atoms with van der Waals surface area (Å²) in [5, 5.41) is 38.6. The summed E-state index contributed by atoms with van der Waals surface area (Å²) >= 11 is 25.1. The third-order valence-corrected chi connectivity index (χ3v) is 22.4. The van der Waals surface area contributed by atoms with Gasteiger partial charge in [0.1, 0.15) is 44.1 Å². The number of carbonyl (C=O) groups is 5. The maximum absolute atomic E-state index is 13.7. The van der Waals surface area contributed by atoms with E-state index in [0.717, 1.165) is 97.0 Å². The molecular weight excluding hydrogens is 1530 g/mol. The molecule has 4 aliphatic carbocycles. The number of rotatable bonds is 10. The fourth-order valence-electron chi connectivity index (χ4n) is 14.0. The Labute approximate surface area is 621 Å². The van der Waals surface area contributed by atoms with Crippen molar-refractivity contribution in [1.82, 2.24) is 49.3 Å². The minimum atomic E-state index is -1.60. The summed E-state index contributed by atoms with van der Waals surface area (Å²) in [5.74, 6) is -4.24. The summed E-state index contributed by atoms with van der Waals surface area (Å²) < 4.78 is 61.1. The summed E-state index contributed by atoms with van der Waals surface area (Å²) in [6.45, 7) is 10.8. The molecule has 9 aromatic rings. The minimum absolute atomic E-state index is 0.00400. The Hall–Kier alpha value is -8.67. The van der Waals surface area contributed by atoms with Gasteiger partial charge in [-0.05, 0) is 188 Å². The molecule has 8 aliphatic rings. The molecule has 4 fully saturated rings. The van der Waals surface area contributed by atoms with Gasteiger partial charge in [-0.2, -0.15) is 20.4 Å². The molecule has 32 heteroatoms. The van der Waals surface area contributed by atoms with Crippen LogP contribution >= 0.6 is 69.0 Å². The molecule has 0 atom stereocenters. The van der Waals surface area contributed by atoms with Crippen LogP contribution in [-0.4, -0.2) is 102 Å². The predicted octanol–water partition coefficient (Wildman–Crippen LogP) is 10.8. The summed E-state index contributed by atoms with van der Waals surface area (Å²) in [6, 6.07) is 23.2. The van der Waals surface area contributed by atoms with Crippen LogP contribution in [-0.2, 0) is 63.3 Å². The third-order valence-electron chi connectivity index (χ3n) is 20.5. The second kappa shape index (κ2) is 28.4. The van der Waals surface area contributed by atoms with Crippen LogP contribution < -0.4 is 33.7 Å². The van der Waals surface area contributed by atoms with Gasteiger partial charge in [-0.25, -0.2) is 22.4 Å². The molecule has 4 spiro atoms. The first-order chi connectivity index (χ1) is 49.0. The summed E-state index contributed by atoms with van der Waals surface area (Å²) in [5.41, 5.74) is 32.3. The SMILES string of the molecule is NC(=O)c1c(-c2ccc(F)c(Cl)c2)nn2c1CCC1(CC1)C2.NC(=O)c1c(-c2ccc(F)c(Cl)c2)nn2c1CNC1(CC1)C2.NC(=O)c1c(I)nn2c1CCC1(CC1)C2.OB(O)c1ccc(F)c(Cl)c1.[C-]#[N+]c1ccc(CC(=O)N2Cc3c(C(N)=O)c(-c4ccc(F)c(Cl)c4)nn3CC23CC3)cc1. The van der Waals surface area contributed by atoms with Crippen LogP contribution in [0.25, 0.3) is 38.6 Å². The van der Waals surface area contributed by atoms with E-state index in [0.29, 0.717) is 85.8 Å². The number of nitrogens with two attached hydrogens (primary N) is 4. The third kappa shape index (κ3) is 15.1. The van der Waals surface area contributed by atoms with Crippen LogP contribution in [0.4, 0.5) is 23.2 Å². The number of primary amides is 4. The fourth-order valence-corrected chi connectivity index (χ4v) is 15.5. The summed E-state index contributed by atoms with van der Waals surface area (Å²) in [6.07, 6.45) is 13.2. The first-order valence-corrected chi connectivity index (χ1v) is 35.5. The van der Waals surface area contributed by atoms with Gasteiger partial charge in [0.05, 0.1) is 103 Å². The van der Waals surface area contributed by atoms with Crippen LogP contribution in [0.3, 0.4) is 0 Å². The van der Waals surface area contributed by atoms with Gasteiger partial charge in [0.25, 0.3) is 23.6 Å². The highest BCUT2D eigenvalue weighted by atomic mass is 127. The maximum atomic E-state index is 13.7. The van der Waals surface area contributed by atoms with Gasteiger partial charge < -0.3 is 43.2 Å². The van der Waals surface area contributed by atoms with Crippen molar-refractivity contribution in [3.05, 3.63) is 206 Å². The minimum Gasteiger partial charge on any atom is -0.423 e. The summed E-state index contributed by atoms with van der Waals surface area (Å²) in [4.78, 5) is 66.0. The van der Waals surface area contributed by atoms with Crippen molar-refractivity contribution < 1.29 is 51.6 Å². The molecule has 103 heavy (non-hydrogen) atoms. The van der Waals surface area contributed by atoms with E-state index in [1.54, 1.807) is 41.1 Å². The standard InChI is InChI=1S/C24H19ClFN5O2.C16H15ClFN3O.C15H14ClFN4O.C10H12IN3O.C6H5BClFO2/c1-28-16-5-2-14(3-6-16)10-20(32)30-12-19-21(23(27)33)22(15-4-7-18(26)17(25)11-15)29-31(19)13-24(30)8-9-24;17-10-7-9(1-2-11(10)18)14-13(15(19)22)12-3-4-16(5-6-16)8-21(12)20-14;16-9-5-8(1-2-10(9)17)13-12(14(18)22)11-6-19-15(3-4-15)7-21(11)20-13;11-8-7(9(12)15)6-1-2-10(3-4-10)5-14(6)13-8;8-5-3-4(7(10)11)1-2-6(5)9/h2-7,11H,8-10,12-13H2,(H2,27,33);1-2,7H,3-6,8H2,(H2,19,22);1-2,5,19H,3-4,6-7H2,(H2,18,22);1-5H2,(H2,12,15);1-3,10-11H. The molecule has 4 aromatic heterocycles. The Morgan fingerprint density at radius 3 is 1.36 bits per heavy atom. The number of carbonyl (C=O) groups excluding carboxylic acids is 5. The van der Waals surface area contributed by atoms with Gasteiger partial charge in [0, 0.05) is 41.9 Å². The molecule has 11 N–H and O–H groups in total. The highest BCUT2D eigenvalue weighted by molar-refractivity contribution is 14.1. The van der Waals surface area contributed by atoms with Crippen molar-refractivity contribution in [1.29, 1.82) is 0 Å². The number of nitrogens with one attached hydrogen (secondary N) is 1. The van der Waals surface area contributed by atoms with Crippen LogP contribution in [0.2, 0.25) is 20.1 Å². The molecule has 532 valence electrons. The van der Waals surface area contributed by atoms with Crippen molar-refractivity contribution in [2.45, 2.75) is 134 Å². The number of fused-ring (bicyclic) bond motifs is 4.